The summed E-state index contributed by atoms with van der Waals surface area (Å²) in [6, 6.07) is 6.99. The van der Waals surface area contributed by atoms with Gasteiger partial charge in [0.25, 0.3) is 0 Å². The SMILES string of the molecule is CCCNC(C)c1ccc(F)cc1-c1ccn(C)n1. The summed E-state index contributed by atoms with van der Waals surface area (Å²) in [5.41, 5.74) is 2.74. The van der Waals surface area contributed by atoms with Crippen molar-refractivity contribution in [3.8, 4) is 11.3 Å². The molecule has 3 nitrogen and oxygen atoms in total. The predicted molar refractivity (Wildman–Crippen MR) is 75.3 cm³/mol. The molecule has 1 heterocycles. The molecule has 1 aromatic carbocycles. The van der Waals surface area contributed by atoms with Crippen LogP contribution in [0.1, 0.15) is 31.9 Å². The van der Waals surface area contributed by atoms with Gasteiger partial charge in [0, 0.05) is 24.8 Å². The van der Waals surface area contributed by atoms with Gasteiger partial charge >= 0.3 is 0 Å². The average Bonchev–Trinajstić information content (AvgIpc) is 2.82. The molecule has 0 radical (unpaired) electrons. The van der Waals surface area contributed by atoms with Gasteiger partial charge in [0.1, 0.15) is 5.82 Å². The number of nitrogens with zero attached hydrogens (tertiary/aromatic N) is 2. The summed E-state index contributed by atoms with van der Waals surface area (Å²) < 4.78 is 15.2. The van der Waals surface area contributed by atoms with Crippen molar-refractivity contribution in [3.63, 3.8) is 0 Å². The molecule has 1 N–H and O–H groups in total. The molecule has 0 fully saturated rings. The third-order valence-corrected chi connectivity index (χ3v) is 3.17. The Balaban J connectivity index is 2.38. The molecule has 0 saturated heterocycles. The van der Waals surface area contributed by atoms with E-state index in [9.17, 15) is 4.39 Å². The predicted octanol–water partition coefficient (Wildman–Crippen LogP) is 3.29. The fourth-order valence-corrected chi connectivity index (χ4v) is 2.16. The molecule has 1 unspecified atom stereocenters. The largest absolute Gasteiger partial charge is 0.310 e. The van der Waals surface area contributed by atoms with Crippen LogP contribution in [0.3, 0.4) is 0 Å². The van der Waals surface area contributed by atoms with Gasteiger partial charge in [0.05, 0.1) is 5.69 Å². The van der Waals surface area contributed by atoms with Gasteiger partial charge < -0.3 is 5.32 Å². The zero-order valence-corrected chi connectivity index (χ0v) is 11.7. The lowest BCUT2D eigenvalue weighted by atomic mass is 9.99. The van der Waals surface area contributed by atoms with E-state index in [0.717, 1.165) is 29.8 Å². The average molecular weight is 261 g/mol. The summed E-state index contributed by atoms with van der Waals surface area (Å²) in [7, 11) is 1.86. The van der Waals surface area contributed by atoms with E-state index < -0.39 is 0 Å². The maximum Gasteiger partial charge on any atom is 0.123 e. The zero-order valence-electron chi connectivity index (χ0n) is 11.7. The lowest BCUT2D eigenvalue weighted by Gasteiger charge is -2.17. The van der Waals surface area contributed by atoms with Gasteiger partial charge in [0.15, 0.2) is 0 Å². The number of aryl methyl sites for hydroxylation is 1. The Morgan fingerprint density at radius 1 is 1.37 bits per heavy atom. The summed E-state index contributed by atoms with van der Waals surface area (Å²) in [4.78, 5) is 0. The Morgan fingerprint density at radius 3 is 2.79 bits per heavy atom. The van der Waals surface area contributed by atoms with Crippen molar-refractivity contribution in [2.24, 2.45) is 7.05 Å². The lowest BCUT2D eigenvalue weighted by Crippen LogP contribution is -2.20. The highest BCUT2D eigenvalue weighted by molar-refractivity contribution is 5.64. The van der Waals surface area contributed by atoms with Crippen LogP contribution in [-0.4, -0.2) is 16.3 Å². The van der Waals surface area contributed by atoms with Crippen molar-refractivity contribution < 1.29 is 4.39 Å². The monoisotopic (exact) mass is 261 g/mol. The van der Waals surface area contributed by atoms with Gasteiger partial charge in [-0.25, -0.2) is 4.39 Å². The van der Waals surface area contributed by atoms with Gasteiger partial charge in [-0.1, -0.05) is 13.0 Å². The first-order valence-corrected chi connectivity index (χ1v) is 6.64. The Labute approximate surface area is 113 Å². The Hall–Kier alpha value is -1.68. The molecule has 4 heteroatoms. The summed E-state index contributed by atoms with van der Waals surface area (Å²) in [6.45, 7) is 5.17. The molecular weight excluding hydrogens is 241 g/mol. The third-order valence-electron chi connectivity index (χ3n) is 3.17. The molecule has 0 aliphatic carbocycles. The van der Waals surface area contributed by atoms with Crippen LogP contribution in [0.25, 0.3) is 11.3 Å². The van der Waals surface area contributed by atoms with Crippen LogP contribution < -0.4 is 5.32 Å². The Morgan fingerprint density at radius 2 is 2.16 bits per heavy atom. The van der Waals surface area contributed by atoms with E-state index in [1.165, 1.54) is 6.07 Å². The lowest BCUT2D eigenvalue weighted by molar-refractivity contribution is 0.568. The molecule has 1 aromatic heterocycles. The van der Waals surface area contributed by atoms with Crippen LogP contribution in [0.2, 0.25) is 0 Å². The van der Waals surface area contributed by atoms with Crippen LogP contribution in [-0.2, 0) is 7.05 Å². The van der Waals surface area contributed by atoms with E-state index in [-0.39, 0.29) is 11.9 Å². The molecule has 0 aliphatic heterocycles. The summed E-state index contributed by atoms with van der Waals surface area (Å²) >= 11 is 0. The van der Waals surface area contributed by atoms with Gasteiger partial charge in [0.2, 0.25) is 0 Å². The smallest absolute Gasteiger partial charge is 0.123 e. The van der Waals surface area contributed by atoms with E-state index in [1.807, 2.05) is 25.4 Å². The second-order valence-corrected chi connectivity index (χ2v) is 4.78. The van der Waals surface area contributed by atoms with Gasteiger partial charge in [-0.3, -0.25) is 4.68 Å². The molecule has 0 amide bonds. The molecule has 0 aliphatic rings. The standard InChI is InChI=1S/C15H20FN3/c1-4-8-17-11(2)13-6-5-12(16)10-14(13)15-7-9-19(3)18-15/h5-7,9-11,17H,4,8H2,1-3H3. The van der Waals surface area contributed by atoms with Crippen LogP contribution in [0, 0.1) is 5.82 Å². The molecule has 0 saturated carbocycles. The molecule has 102 valence electrons. The normalized spacial score (nSPS) is 12.6. The van der Waals surface area contributed by atoms with Crippen LogP contribution >= 0.6 is 0 Å². The van der Waals surface area contributed by atoms with E-state index in [2.05, 4.69) is 24.3 Å². The van der Waals surface area contributed by atoms with Crippen LogP contribution in [0.5, 0.6) is 0 Å². The van der Waals surface area contributed by atoms with E-state index in [4.69, 9.17) is 0 Å². The summed E-state index contributed by atoms with van der Waals surface area (Å²) in [6.07, 6.45) is 2.94. The zero-order chi connectivity index (χ0) is 13.8. The first-order chi connectivity index (χ1) is 9.11. The van der Waals surface area contributed by atoms with Crippen molar-refractivity contribution in [1.29, 1.82) is 0 Å². The maximum absolute atomic E-state index is 13.5. The van der Waals surface area contributed by atoms with E-state index in [1.54, 1.807) is 10.7 Å². The quantitative estimate of drug-likeness (QED) is 0.895. The van der Waals surface area contributed by atoms with Crippen molar-refractivity contribution in [3.05, 3.63) is 41.8 Å². The minimum Gasteiger partial charge on any atom is -0.310 e. The Kier molecular flexibility index (Phi) is 4.32. The summed E-state index contributed by atoms with van der Waals surface area (Å²) in [5.74, 6) is -0.230. The summed E-state index contributed by atoms with van der Waals surface area (Å²) in [5, 5.41) is 7.80. The second-order valence-electron chi connectivity index (χ2n) is 4.78. The minimum absolute atomic E-state index is 0.178. The first kappa shape index (κ1) is 13.7. The van der Waals surface area contributed by atoms with Crippen molar-refractivity contribution >= 4 is 0 Å². The molecular formula is C15H20FN3. The number of aromatic nitrogens is 2. The molecule has 19 heavy (non-hydrogen) atoms. The number of hydrogen-bond acceptors (Lipinski definition) is 2. The number of rotatable bonds is 5. The first-order valence-electron chi connectivity index (χ1n) is 6.64. The van der Waals surface area contributed by atoms with Crippen molar-refractivity contribution in [2.45, 2.75) is 26.3 Å². The van der Waals surface area contributed by atoms with Crippen LogP contribution in [0.15, 0.2) is 30.5 Å². The van der Waals surface area contributed by atoms with Gasteiger partial charge in [-0.05, 0) is 43.7 Å². The number of halogens is 1. The molecule has 0 spiro atoms. The van der Waals surface area contributed by atoms with Gasteiger partial charge in [-0.15, -0.1) is 0 Å². The number of benzene rings is 1. The topological polar surface area (TPSA) is 29.9 Å². The van der Waals surface area contributed by atoms with Crippen molar-refractivity contribution in [1.82, 2.24) is 15.1 Å². The molecule has 1 atom stereocenters. The highest BCUT2D eigenvalue weighted by atomic mass is 19.1. The molecule has 2 rings (SSSR count). The number of hydrogen-bond donors (Lipinski definition) is 1. The van der Waals surface area contributed by atoms with E-state index in [0.29, 0.717) is 0 Å². The minimum atomic E-state index is -0.230. The maximum atomic E-state index is 13.5. The highest BCUT2D eigenvalue weighted by Gasteiger charge is 2.14. The third kappa shape index (κ3) is 3.20. The van der Waals surface area contributed by atoms with Crippen molar-refractivity contribution in [2.75, 3.05) is 6.54 Å². The second kappa shape index (κ2) is 5.97. The Bertz CT molecular complexity index is 548. The number of nitrogens with one attached hydrogen (secondary N) is 1. The van der Waals surface area contributed by atoms with Gasteiger partial charge in [-0.2, -0.15) is 5.10 Å². The highest BCUT2D eigenvalue weighted by Crippen LogP contribution is 2.27. The fraction of sp³-hybridized carbons (Fsp3) is 0.400. The van der Waals surface area contributed by atoms with Crippen LogP contribution in [0.4, 0.5) is 4.39 Å². The van der Waals surface area contributed by atoms with E-state index >= 15 is 0 Å². The fourth-order valence-electron chi connectivity index (χ4n) is 2.16. The molecule has 2 aromatic rings. The molecule has 0 bridgehead atoms.